The van der Waals surface area contributed by atoms with E-state index in [2.05, 4.69) is 73.1 Å². The highest BCUT2D eigenvalue weighted by Gasteiger charge is 2.43. The van der Waals surface area contributed by atoms with Crippen molar-refractivity contribution in [3.05, 3.63) is 72.4 Å². The molecule has 0 spiro atoms. The van der Waals surface area contributed by atoms with Crippen LogP contribution in [0.4, 0.5) is 11.4 Å². The number of para-hydroxylation sites is 2. The predicted molar refractivity (Wildman–Crippen MR) is 94.1 cm³/mol. The van der Waals surface area contributed by atoms with Crippen LogP contribution in [0, 0.1) is 0 Å². The molecule has 0 amide bonds. The highest BCUT2D eigenvalue weighted by molar-refractivity contribution is 6.03. The van der Waals surface area contributed by atoms with Gasteiger partial charge in [-0.2, -0.15) is 4.58 Å². The first-order valence-corrected chi connectivity index (χ1v) is 7.87. The highest BCUT2D eigenvalue weighted by atomic mass is 127. The topological polar surface area (TPSA) is 15.0 Å². The first kappa shape index (κ1) is 17.7. The van der Waals surface area contributed by atoms with Crippen molar-refractivity contribution in [2.24, 2.45) is 0 Å². The highest BCUT2D eigenvalue weighted by Crippen LogP contribution is 2.39. The molecule has 0 bridgehead atoms. The molecular formula is C20H23IN2. The fourth-order valence-corrected chi connectivity index (χ4v) is 3.23. The van der Waals surface area contributed by atoms with Crippen LogP contribution in [0.25, 0.3) is 0 Å². The molecule has 1 heterocycles. The minimum absolute atomic E-state index is 0. The van der Waals surface area contributed by atoms with Crippen LogP contribution in [0.3, 0.4) is 0 Å². The lowest BCUT2D eigenvalue weighted by Crippen LogP contribution is -3.00. The van der Waals surface area contributed by atoms with Crippen molar-refractivity contribution in [2.45, 2.75) is 26.2 Å². The van der Waals surface area contributed by atoms with Crippen LogP contribution in [0.1, 0.15) is 26.3 Å². The van der Waals surface area contributed by atoms with Gasteiger partial charge in [-0.25, -0.2) is 0 Å². The van der Waals surface area contributed by atoms with E-state index in [-0.39, 0.29) is 29.4 Å². The Bertz CT molecular complexity index is 730. The zero-order valence-corrected chi connectivity index (χ0v) is 16.0. The van der Waals surface area contributed by atoms with Gasteiger partial charge in [0.05, 0.1) is 5.41 Å². The second kappa shape index (κ2) is 7.30. The summed E-state index contributed by atoms with van der Waals surface area (Å²) >= 11 is 0. The quantitative estimate of drug-likeness (QED) is 0.591. The Kier molecular flexibility index (Phi) is 5.63. The van der Waals surface area contributed by atoms with Gasteiger partial charge in [-0.3, -0.25) is 0 Å². The molecular weight excluding hydrogens is 395 g/mol. The third-order valence-electron chi connectivity index (χ3n) is 4.38. The standard InChI is InChI=1S/C20H22N2.HI/c1-4-22-18-13-9-8-12-17(18)20(2,3)19(22)14-15-21-16-10-6-5-7-11-16;/h5-15H,4H2,1-3H3;1H. The van der Waals surface area contributed by atoms with E-state index in [1.165, 1.54) is 17.0 Å². The Labute approximate surface area is 156 Å². The van der Waals surface area contributed by atoms with Crippen molar-refractivity contribution in [2.75, 3.05) is 11.9 Å². The lowest BCUT2D eigenvalue weighted by Gasteiger charge is -2.15. The van der Waals surface area contributed by atoms with Gasteiger partial charge in [-0.15, -0.1) is 0 Å². The molecule has 0 aromatic heterocycles. The summed E-state index contributed by atoms with van der Waals surface area (Å²) in [5.74, 6) is 0. The molecule has 3 rings (SSSR count). The first-order valence-electron chi connectivity index (χ1n) is 7.87. The average molecular weight is 418 g/mol. The minimum Gasteiger partial charge on any atom is -1.00 e. The first-order chi connectivity index (χ1) is 10.6. The van der Waals surface area contributed by atoms with Crippen molar-refractivity contribution in [1.29, 1.82) is 0 Å². The average Bonchev–Trinajstić information content (AvgIpc) is 2.76. The van der Waals surface area contributed by atoms with Crippen LogP contribution in [0.2, 0.25) is 0 Å². The number of benzene rings is 2. The molecule has 1 aliphatic heterocycles. The van der Waals surface area contributed by atoms with Crippen LogP contribution >= 0.6 is 0 Å². The second-order valence-corrected chi connectivity index (χ2v) is 6.12. The lowest BCUT2D eigenvalue weighted by atomic mass is 9.81. The van der Waals surface area contributed by atoms with E-state index in [1.54, 1.807) is 0 Å². The number of halogens is 1. The van der Waals surface area contributed by atoms with Crippen LogP contribution in [0.15, 0.2) is 66.9 Å². The second-order valence-electron chi connectivity index (χ2n) is 6.12. The van der Waals surface area contributed by atoms with Gasteiger partial charge >= 0.3 is 0 Å². The SMILES string of the molecule is CC[N+]1=C(C=CNc2ccccc2)C(C)(C)c2ccccc21.[I-]. The summed E-state index contributed by atoms with van der Waals surface area (Å²) in [6.45, 7) is 7.77. The molecule has 2 aromatic carbocycles. The van der Waals surface area contributed by atoms with Gasteiger partial charge in [0, 0.05) is 29.6 Å². The molecule has 0 saturated carbocycles. The van der Waals surface area contributed by atoms with E-state index >= 15 is 0 Å². The Morgan fingerprint density at radius 2 is 1.65 bits per heavy atom. The van der Waals surface area contributed by atoms with Crippen molar-refractivity contribution >= 4 is 17.1 Å². The van der Waals surface area contributed by atoms with Crippen LogP contribution in [-0.4, -0.2) is 16.8 Å². The van der Waals surface area contributed by atoms with Crippen LogP contribution in [-0.2, 0) is 5.41 Å². The van der Waals surface area contributed by atoms with E-state index < -0.39 is 0 Å². The number of hydrogen-bond acceptors (Lipinski definition) is 1. The summed E-state index contributed by atoms with van der Waals surface area (Å²) in [7, 11) is 0. The zero-order chi connectivity index (χ0) is 15.6. The molecule has 120 valence electrons. The monoisotopic (exact) mass is 418 g/mol. The van der Waals surface area contributed by atoms with E-state index in [9.17, 15) is 0 Å². The molecule has 23 heavy (non-hydrogen) atoms. The summed E-state index contributed by atoms with van der Waals surface area (Å²) in [5, 5.41) is 3.35. The van der Waals surface area contributed by atoms with Crippen molar-refractivity contribution in [3.8, 4) is 0 Å². The van der Waals surface area contributed by atoms with Crippen molar-refractivity contribution in [3.63, 3.8) is 0 Å². The van der Waals surface area contributed by atoms with E-state index in [4.69, 9.17) is 0 Å². The number of fused-ring (bicyclic) bond motifs is 1. The number of nitrogens with zero attached hydrogens (tertiary/aromatic N) is 1. The molecule has 0 unspecified atom stereocenters. The van der Waals surface area contributed by atoms with Crippen LogP contribution < -0.4 is 29.3 Å². The zero-order valence-electron chi connectivity index (χ0n) is 13.9. The lowest BCUT2D eigenvalue weighted by molar-refractivity contribution is -0.433. The molecule has 2 nitrogen and oxygen atoms in total. The Balaban J connectivity index is 0.00000192. The number of rotatable bonds is 4. The summed E-state index contributed by atoms with van der Waals surface area (Å²) in [6, 6.07) is 18.9. The van der Waals surface area contributed by atoms with Crippen molar-refractivity contribution in [1.82, 2.24) is 0 Å². The van der Waals surface area contributed by atoms with E-state index in [1.807, 2.05) is 24.4 Å². The molecule has 1 aliphatic rings. The number of hydrogen-bond donors (Lipinski definition) is 1. The van der Waals surface area contributed by atoms with E-state index in [0.29, 0.717) is 0 Å². The largest absolute Gasteiger partial charge is 1.00 e. The van der Waals surface area contributed by atoms with E-state index in [0.717, 1.165) is 12.2 Å². The Hall–Kier alpha value is -1.62. The minimum atomic E-state index is 0. The van der Waals surface area contributed by atoms with Gasteiger partial charge in [-0.05, 0) is 32.9 Å². The summed E-state index contributed by atoms with van der Waals surface area (Å²) in [4.78, 5) is 0. The molecule has 0 atom stereocenters. The van der Waals surface area contributed by atoms with Gasteiger partial charge in [-0.1, -0.05) is 36.4 Å². The number of anilines is 1. The smallest absolute Gasteiger partial charge is 0.209 e. The summed E-state index contributed by atoms with van der Waals surface area (Å²) in [5.41, 5.74) is 5.20. The van der Waals surface area contributed by atoms with Gasteiger partial charge in [0.15, 0.2) is 5.71 Å². The maximum absolute atomic E-state index is 3.35. The molecule has 0 aliphatic carbocycles. The van der Waals surface area contributed by atoms with Gasteiger partial charge in [0.2, 0.25) is 5.69 Å². The maximum Gasteiger partial charge on any atom is 0.209 e. The van der Waals surface area contributed by atoms with Crippen molar-refractivity contribution < 1.29 is 28.6 Å². The Morgan fingerprint density at radius 3 is 2.35 bits per heavy atom. The number of nitrogens with one attached hydrogen (secondary N) is 1. The fraction of sp³-hybridized carbons (Fsp3) is 0.250. The third-order valence-corrected chi connectivity index (χ3v) is 4.38. The normalized spacial score (nSPS) is 15.4. The molecule has 0 fully saturated rings. The summed E-state index contributed by atoms with van der Waals surface area (Å²) < 4.78 is 2.40. The fourth-order valence-electron chi connectivity index (χ4n) is 3.23. The predicted octanol–water partition coefficient (Wildman–Crippen LogP) is 1.71. The molecule has 2 aromatic rings. The van der Waals surface area contributed by atoms with Gasteiger partial charge in [0.1, 0.15) is 6.54 Å². The molecule has 1 N–H and O–H groups in total. The van der Waals surface area contributed by atoms with Crippen LogP contribution in [0.5, 0.6) is 0 Å². The molecule has 3 heteroatoms. The maximum atomic E-state index is 3.35. The number of allylic oxidation sites excluding steroid dienone is 1. The van der Waals surface area contributed by atoms with Gasteiger partial charge < -0.3 is 29.3 Å². The van der Waals surface area contributed by atoms with Gasteiger partial charge in [0.25, 0.3) is 0 Å². The molecule has 0 saturated heterocycles. The molecule has 0 radical (unpaired) electrons. The Morgan fingerprint density at radius 1 is 1.00 bits per heavy atom. The third kappa shape index (κ3) is 3.34. The summed E-state index contributed by atoms with van der Waals surface area (Å²) in [6.07, 6.45) is 4.25.